The Labute approximate surface area is 196 Å². The highest BCUT2D eigenvalue weighted by molar-refractivity contribution is 14.1. The molecule has 0 heterocycles. The van der Waals surface area contributed by atoms with Gasteiger partial charge in [0, 0.05) is 22.2 Å². The molecule has 0 fully saturated rings. The molecule has 11 nitrogen and oxygen atoms in total. The van der Waals surface area contributed by atoms with E-state index in [1.165, 1.54) is 21.0 Å². The molecular weight excluding hydrogens is 521 g/mol. The van der Waals surface area contributed by atoms with Gasteiger partial charge in [0.2, 0.25) is 0 Å². The van der Waals surface area contributed by atoms with Crippen molar-refractivity contribution in [3.63, 3.8) is 0 Å². The molecule has 0 spiro atoms. The summed E-state index contributed by atoms with van der Waals surface area (Å²) < 4.78 is 10.00. The largest absolute Gasteiger partial charge is 0.468 e. The number of rotatable bonds is 10. The van der Waals surface area contributed by atoms with Gasteiger partial charge in [-0.25, -0.2) is 4.79 Å². The second kappa shape index (κ2) is 16.0. The summed E-state index contributed by atoms with van der Waals surface area (Å²) in [5, 5.41) is 25.7. The van der Waals surface area contributed by atoms with Gasteiger partial charge in [-0.05, 0) is 60.5 Å². The van der Waals surface area contributed by atoms with Crippen LogP contribution in [0.3, 0.4) is 0 Å². The van der Waals surface area contributed by atoms with Crippen molar-refractivity contribution in [1.29, 1.82) is 0 Å². The average Bonchev–Trinajstić information content (AvgIpc) is 2.74. The number of hydrogen-bond acceptors (Lipinski definition) is 10. The van der Waals surface area contributed by atoms with Crippen molar-refractivity contribution in [3.8, 4) is 0 Å². The van der Waals surface area contributed by atoms with Crippen LogP contribution in [0, 0.1) is 3.57 Å². The molecule has 2 atom stereocenters. The molecule has 0 saturated heterocycles. The van der Waals surface area contributed by atoms with Crippen molar-refractivity contribution in [1.82, 2.24) is 15.8 Å². The van der Waals surface area contributed by atoms with Crippen LogP contribution in [0.4, 0.5) is 0 Å². The van der Waals surface area contributed by atoms with E-state index in [0.29, 0.717) is 5.56 Å². The van der Waals surface area contributed by atoms with Gasteiger partial charge in [-0.1, -0.05) is 0 Å². The third-order valence-corrected chi connectivity index (χ3v) is 4.37. The minimum absolute atomic E-state index is 0.0838. The van der Waals surface area contributed by atoms with Gasteiger partial charge in [-0.3, -0.25) is 9.59 Å². The molecule has 31 heavy (non-hydrogen) atoms. The van der Waals surface area contributed by atoms with Crippen LogP contribution in [-0.2, 0) is 19.1 Å². The van der Waals surface area contributed by atoms with E-state index in [1.54, 1.807) is 31.1 Å². The predicted octanol–water partition coefficient (Wildman–Crippen LogP) is -1.55. The number of ether oxygens (including phenoxy) is 2. The van der Waals surface area contributed by atoms with Gasteiger partial charge >= 0.3 is 26.0 Å². The lowest BCUT2D eigenvalue weighted by atomic mass is 9.88. The Morgan fingerprint density at radius 2 is 1.48 bits per heavy atom. The SMILES string of the molecule is COC(=O)[C@@H](N)CNB(C)O.COC(=O)[C@H](CNB(C)O)NC(=O)c1ccc(I)cc1. The molecule has 7 N–H and O–H groups in total. The van der Waals surface area contributed by atoms with E-state index in [9.17, 15) is 14.4 Å². The minimum atomic E-state index is -0.860. The molecule has 0 aliphatic heterocycles. The highest BCUT2D eigenvalue weighted by Crippen LogP contribution is 2.07. The molecule has 0 aromatic heterocycles. The van der Waals surface area contributed by atoms with Crippen LogP contribution in [0.15, 0.2) is 24.3 Å². The quantitative estimate of drug-likeness (QED) is 0.114. The number of benzene rings is 1. The summed E-state index contributed by atoms with van der Waals surface area (Å²) in [6.45, 7) is 3.37. The summed E-state index contributed by atoms with van der Waals surface area (Å²) in [6.07, 6.45) is 0. The summed E-state index contributed by atoms with van der Waals surface area (Å²) in [4.78, 5) is 34.3. The van der Waals surface area contributed by atoms with E-state index in [-0.39, 0.29) is 19.0 Å². The molecule has 0 aliphatic rings. The molecule has 0 saturated carbocycles. The van der Waals surface area contributed by atoms with Crippen LogP contribution in [0.1, 0.15) is 10.4 Å². The molecule has 0 unspecified atom stereocenters. The van der Waals surface area contributed by atoms with Gasteiger partial charge in [0.05, 0.1) is 14.2 Å². The Kier molecular flexibility index (Phi) is 15.1. The van der Waals surface area contributed by atoms with Gasteiger partial charge in [0.15, 0.2) is 0 Å². The predicted molar refractivity (Wildman–Crippen MR) is 126 cm³/mol. The Bertz CT molecular complexity index is 696. The summed E-state index contributed by atoms with van der Waals surface area (Å²) in [6, 6.07) is 5.38. The lowest BCUT2D eigenvalue weighted by Crippen LogP contribution is -2.50. The van der Waals surface area contributed by atoms with Crippen LogP contribution in [-0.4, -0.2) is 81.4 Å². The Hall–Kier alpha value is -1.71. The number of halogens is 1. The first-order valence-electron chi connectivity index (χ1n) is 9.32. The van der Waals surface area contributed by atoms with Crippen molar-refractivity contribution in [3.05, 3.63) is 33.4 Å². The topological polar surface area (TPSA) is 172 Å². The summed E-state index contributed by atoms with van der Waals surface area (Å²) in [5.74, 6) is -1.43. The maximum absolute atomic E-state index is 12.0. The molecule has 14 heteroatoms. The number of carbonyl (C=O) groups is 3. The monoisotopic (exact) mass is 550 g/mol. The summed E-state index contributed by atoms with van der Waals surface area (Å²) >= 11 is 2.14. The lowest BCUT2D eigenvalue weighted by molar-refractivity contribution is -0.143. The van der Waals surface area contributed by atoms with Gasteiger partial charge in [-0.15, -0.1) is 0 Å². The number of esters is 2. The van der Waals surface area contributed by atoms with Gasteiger partial charge in [0.1, 0.15) is 12.1 Å². The second-order valence-electron chi connectivity index (χ2n) is 6.35. The van der Waals surface area contributed by atoms with Crippen LogP contribution >= 0.6 is 22.6 Å². The molecule has 0 aliphatic carbocycles. The van der Waals surface area contributed by atoms with Crippen LogP contribution in [0.2, 0.25) is 13.6 Å². The van der Waals surface area contributed by atoms with Crippen LogP contribution in [0.5, 0.6) is 0 Å². The number of methoxy groups -OCH3 is 2. The fourth-order valence-electron chi connectivity index (χ4n) is 2.00. The number of amides is 1. The smallest absolute Gasteiger partial charge is 0.373 e. The first kappa shape index (κ1) is 29.3. The van der Waals surface area contributed by atoms with Crippen molar-refractivity contribution in [2.45, 2.75) is 25.7 Å². The molecule has 1 aromatic carbocycles. The van der Waals surface area contributed by atoms with E-state index < -0.39 is 38.1 Å². The molecule has 1 rings (SSSR count). The minimum Gasteiger partial charge on any atom is -0.468 e. The van der Waals surface area contributed by atoms with Crippen molar-refractivity contribution in [2.24, 2.45) is 5.73 Å². The highest BCUT2D eigenvalue weighted by Gasteiger charge is 2.22. The number of nitrogens with two attached hydrogens (primary N) is 1. The molecule has 0 radical (unpaired) electrons. The molecule has 0 bridgehead atoms. The Balaban J connectivity index is 0.000000695. The van der Waals surface area contributed by atoms with Crippen molar-refractivity contribution >= 4 is 54.5 Å². The zero-order valence-corrected chi connectivity index (χ0v) is 20.1. The van der Waals surface area contributed by atoms with Gasteiger partial charge < -0.3 is 41.0 Å². The van der Waals surface area contributed by atoms with Crippen LogP contribution in [0.25, 0.3) is 0 Å². The van der Waals surface area contributed by atoms with E-state index in [0.717, 1.165) is 3.57 Å². The Morgan fingerprint density at radius 1 is 1.00 bits per heavy atom. The molecule has 172 valence electrons. The van der Waals surface area contributed by atoms with E-state index in [2.05, 4.69) is 47.8 Å². The number of carbonyl (C=O) groups excluding carboxylic acids is 3. The number of hydrogen-bond donors (Lipinski definition) is 6. The summed E-state index contributed by atoms with van der Waals surface area (Å²) in [7, 11) is 1.07. The fraction of sp³-hybridized carbons (Fsp3) is 0.471. The Morgan fingerprint density at radius 3 is 1.94 bits per heavy atom. The highest BCUT2D eigenvalue weighted by atomic mass is 127. The van der Waals surface area contributed by atoms with E-state index in [1.807, 2.05) is 0 Å². The van der Waals surface area contributed by atoms with Crippen molar-refractivity contribution < 1.29 is 33.9 Å². The first-order valence-corrected chi connectivity index (χ1v) is 10.4. The molecule has 1 aromatic rings. The zero-order valence-electron chi connectivity index (χ0n) is 17.9. The third-order valence-electron chi connectivity index (χ3n) is 3.65. The second-order valence-corrected chi connectivity index (χ2v) is 7.60. The van der Waals surface area contributed by atoms with Crippen molar-refractivity contribution in [2.75, 3.05) is 27.3 Å². The van der Waals surface area contributed by atoms with Gasteiger partial charge in [0.25, 0.3) is 5.91 Å². The number of nitrogens with one attached hydrogen (secondary N) is 3. The maximum Gasteiger partial charge on any atom is 0.373 e. The van der Waals surface area contributed by atoms with Gasteiger partial charge in [-0.2, -0.15) is 0 Å². The first-order chi connectivity index (χ1) is 14.5. The average molecular weight is 550 g/mol. The fourth-order valence-corrected chi connectivity index (χ4v) is 2.36. The molecule has 1 amide bonds. The normalized spacial score (nSPS) is 11.9. The zero-order chi connectivity index (χ0) is 24.0. The maximum atomic E-state index is 12.0. The molecular formula is C17H29B2IN4O7. The van der Waals surface area contributed by atoms with Crippen LogP contribution < -0.4 is 21.5 Å². The standard InChI is InChI=1S/C12H16BIN2O4.C5H13BN2O3/c1-13(19)15-7-10(12(18)20-2)16-11(17)8-3-5-9(14)6-4-8;1-6(10)8-3-4(7)5(9)11-2/h3-6,10,15,19H,7H2,1-2H3,(H,16,17);4,8,10H,3,7H2,1-2H3/t10-;4-/m00/s1. The van der Waals surface area contributed by atoms with E-state index >= 15 is 0 Å². The lowest BCUT2D eigenvalue weighted by Gasteiger charge is -2.17. The third kappa shape index (κ3) is 13.3. The summed E-state index contributed by atoms with van der Waals surface area (Å²) in [5.41, 5.74) is 5.78. The van der Waals surface area contributed by atoms with E-state index in [4.69, 9.17) is 15.8 Å².